The molecule has 1 aliphatic heterocycles. The largest absolute Gasteiger partial charge is 0.478 e. The van der Waals surface area contributed by atoms with Crippen LogP contribution in [0.4, 0.5) is 17.6 Å². The van der Waals surface area contributed by atoms with Gasteiger partial charge >= 0.3 is 12.1 Å². The van der Waals surface area contributed by atoms with Gasteiger partial charge in [-0.05, 0) is 24.3 Å². The first-order valence-electron chi connectivity index (χ1n) is 7.80. The van der Waals surface area contributed by atoms with Crippen LogP contribution in [0.25, 0.3) is 6.08 Å². The summed E-state index contributed by atoms with van der Waals surface area (Å²) in [7, 11) is 0. The lowest BCUT2D eigenvalue weighted by Gasteiger charge is -2.27. The number of carboxylic acid groups (broad SMARTS) is 1. The highest BCUT2D eigenvalue weighted by Crippen LogP contribution is 2.39. The first-order chi connectivity index (χ1) is 13.6. The molecule has 1 heterocycles. The highest BCUT2D eigenvalue weighted by Gasteiger charge is 2.48. The fourth-order valence-corrected chi connectivity index (χ4v) is 2.29. The molecule has 1 unspecified atom stereocenters. The van der Waals surface area contributed by atoms with Crippen molar-refractivity contribution in [2.45, 2.75) is 12.3 Å². The number of ether oxygens (including phenoxy) is 2. The van der Waals surface area contributed by atoms with Gasteiger partial charge in [-0.2, -0.15) is 13.2 Å². The number of rotatable bonds is 7. The predicted molar refractivity (Wildman–Crippen MR) is 92.5 cm³/mol. The number of hydrogen-bond donors (Lipinski definition) is 1. The molecule has 0 saturated carbocycles. The van der Waals surface area contributed by atoms with Gasteiger partial charge in [0.2, 0.25) is 6.10 Å². The van der Waals surface area contributed by atoms with E-state index in [1.165, 1.54) is 12.1 Å². The Hall–Kier alpha value is -3.63. The number of benzene rings is 1. The molecule has 0 saturated heterocycles. The molecule has 1 aliphatic rings. The molecule has 0 fully saturated rings. The van der Waals surface area contributed by atoms with Gasteiger partial charge in [0, 0.05) is 23.8 Å². The van der Waals surface area contributed by atoms with Gasteiger partial charge in [-0.25, -0.2) is 9.18 Å². The average molecular weight is 415 g/mol. The Kier molecular flexibility index (Phi) is 6.42. The smallest absolute Gasteiger partial charge is 0.430 e. The fraction of sp³-hybridized carbons (Fsp3) is 0.167. The molecule has 1 aromatic rings. The van der Waals surface area contributed by atoms with Crippen LogP contribution in [0.15, 0.2) is 60.0 Å². The van der Waals surface area contributed by atoms with Crippen LogP contribution in [0.5, 0.6) is 11.5 Å². The molecular weight excluding hydrogens is 402 g/mol. The highest BCUT2D eigenvalue weighted by atomic mass is 19.4. The maximum atomic E-state index is 13.1. The van der Waals surface area contributed by atoms with Gasteiger partial charge in [-0.3, -0.25) is 10.1 Å². The van der Waals surface area contributed by atoms with Crippen LogP contribution in [0, 0.1) is 10.1 Å². The van der Waals surface area contributed by atoms with E-state index in [2.05, 4.69) is 6.58 Å². The quantitative estimate of drug-likeness (QED) is 0.237. The number of fused-ring (bicyclic) bond motifs is 1. The lowest BCUT2D eigenvalue weighted by Crippen LogP contribution is -2.40. The number of hydrogen-bond acceptors (Lipinski definition) is 5. The molecule has 0 aromatic heterocycles. The lowest BCUT2D eigenvalue weighted by atomic mass is 10.0. The molecule has 154 valence electrons. The number of carbonyl (C=O) groups is 1. The van der Waals surface area contributed by atoms with Crippen molar-refractivity contribution in [1.29, 1.82) is 0 Å². The number of halogens is 4. The number of allylic oxidation sites excluding steroid dienone is 4. The Bertz CT molecular complexity index is 933. The zero-order valence-corrected chi connectivity index (χ0v) is 14.5. The third kappa shape index (κ3) is 5.21. The third-order valence-corrected chi connectivity index (χ3v) is 3.61. The Morgan fingerprint density at radius 1 is 1.38 bits per heavy atom. The summed E-state index contributed by atoms with van der Waals surface area (Å²) >= 11 is 0. The summed E-state index contributed by atoms with van der Waals surface area (Å²) in [5.41, 5.74) is -1.35. The molecule has 0 bridgehead atoms. The van der Waals surface area contributed by atoms with Gasteiger partial charge in [0.25, 0.3) is 5.70 Å². The molecule has 2 rings (SSSR count). The van der Waals surface area contributed by atoms with Crippen LogP contribution in [-0.4, -0.2) is 35.0 Å². The maximum Gasteiger partial charge on any atom is 0.430 e. The molecule has 29 heavy (non-hydrogen) atoms. The number of carboxylic acids is 1. The summed E-state index contributed by atoms with van der Waals surface area (Å²) in [5, 5.41) is 19.7. The van der Waals surface area contributed by atoms with Gasteiger partial charge in [0.05, 0.1) is 10.5 Å². The van der Waals surface area contributed by atoms with Gasteiger partial charge < -0.3 is 14.6 Å². The second-order valence-electron chi connectivity index (χ2n) is 5.57. The number of nitrogens with zero attached hydrogens (tertiary/aromatic N) is 1. The van der Waals surface area contributed by atoms with E-state index in [1.54, 1.807) is 0 Å². The molecule has 1 aromatic carbocycles. The van der Waals surface area contributed by atoms with Crippen molar-refractivity contribution in [1.82, 2.24) is 0 Å². The van der Waals surface area contributed by atoms with E-state index in [1.807, 2.05) is 0 Å². The maximum absolute atomic E-state index is 13.1. The lowest BCUT2D eigenvalue weighted by molar-refractivity contribution is -0.418. The van der Waals surface area contributed by atoms with Crippen molar-refractivity contribution < 1.29 is 41.9 Å². The van der Waals surface area contributed by atoms with E-state index in [0.29, 0.717) is 0 Å². The minimum atomic E-state index is -4.98. The van der Waals surface area contributed by atoms with Gasteiger partial charge in [-0.1, -0.05) is 6.58 Å². The topological polar surface area (TPSA) is 98.9 Å². The molecular formula is C18H13F4NO6. The van der Waals surface area contributed by atoms with E-state index in [4.69, 9.17) is 14.6 Å². The van der Waals surface area contributed by atoms with Gasteiger partial charge in [0.1, 0.15) is 23.9 Å². The van der Waals surface area contributed by atoms with Crippen molar-refractivity contribution in [2.24, 2.45) is 0 Å². The van der Waals surface area contributed by atoms with E-state index in [9.17, 15) is 32.5 Å². The summed E-state index contributed by atoms with van der Waals surface area (Å²) in [6, 6.07) is 3.51. The molecule has 0 spiro atoms. The van der Waals surface area contributed by atoms with Crippen molar-refractivity contribution in [3.8, 4) is 11.5 Å². The molecule has 11 heteroatoms. The summed E-state index contributed by atoms with van der Waals surface area (Å²) in [4.78, 5) is 21.0. The van der Waals surface area contributed by atoms with E-state index in [-0.39, 0.29) is 22.8 Å². The molecule has 0 aliphatic carbocycles. The van der Waals surface area contributed by atoms with Crippen molar-refractivity contribution in [2.75, 3.05) is 6.67 Å². The highest BCUT2D eigenvalue weighted by molar-refractivity contribution is 5.95. The van der Waals surface area contributed by atoms with Crippen LogP contribution in [0.3, 0.4) is 0 Å². The monoisotopic (exact) mass is 415 g/mol. The Morgan fingerprint density at radius 2 is 2.07 bits per heavy atom. The zero-order chi connectivity index (χ0) is 21.8. The van der Waals surface area contributed by atoms with Crippen LogP contribution in [0.1, 0.15) is 5.56 Å². The normalized spacial score (nSPS) is 17.0. The van der Waals surface area contributed by atoms with E-state index in [0.717, 1.165) is 30.4 Å². The third-order valence-electron chi connectivity index (χ3n) is 3.61. The molecule has 0 radical (unpaired) electrons. The second-order valence-corrected chi connectivity index (χ2v) is 5.57. The summed E-state index contributed by atoms with van der Waals surface area (Å²) in [5.74, 6) is -2.58. The van der Waals surface area contributed by atoms with Crippen molar-refractivity contribution >= 4 is 12.0 Å². The SMILES string of the molecule is C=C/C(=C\C=C(/CF)Oc1ccc2c(c1)OC(C(F)(F)F)C(C(=O)O)=C2)[N+](=O)[O-]. The van der Waals surface area contributed by atoms with Gasteiger partial charge in [0.15, 0.2) is 0 Å². The second kappa shape index (κ2) is 8.59. The Balaban J connectivity index is 2.35. The van der Waals surface area contributed by atoms with Crippen LogP contribution >= 0.6 is 0 Å². The number of nitro groups is 1. The minimum Gasteiger partial charge on any atom is -0.478 e. The van der Waals surface area contributed by atoms with Crippen LogP contribution < -0.4 is 9.47 Å². The Morgan fingerprint density at radius 3 is 2.59 bits per heavy atom. The predicted octanol–water partition coefficient (Wildman–Crippen LogP) is 4.06. The summed E-state index contributed by atoms with van der Waals surface area (Å²) < 4.78 is 62.4. The Labute approximate surface area is 161 Å². The van der Waals surface area contributed by atoms with E-state index < -0.39 is 41.1 Å². The van der Waals surface area contributed by atoms with Crippen LogP contribution in [0.2, 0.25) is 0 Å². The number of aliphatic carboxylic acids is 1. The zero-order valence-electron chi connectivity index (χ0n) is 14.5. The minimum absolute atomic E-state index is 0.0585. The van der Waals surface area contributed by atoms with Crippen LogP contribution in [-0.2, 0) is 4.79 Å². The average Bonchev–Trinajstić information content (AvgIpc) is 2.65. The van der Waals surface area contributed by atoms with Crippen molar-refractivity contribution in [3.63, 3.8) is 0 Å². The molecule has 0 amide bonds. The molecule has 7 nitrogen and oxygen atoms in total. The first kappa shape index (κ1) is 21.7. The fourth-order valence-electron chi connectivity index (χ4n) is 2.29. The summed E-state index contributed by atoms with van der Waals surface area (Å²) in [6.45, 7) is 2.07. The van der Waals surface area contributed by atoms with Gasteiger partial charge in [-0.15, -0.1) is 0 Å². The van der Waals surface area contributed by atoms with E-state index >= 15 is 0 Å². The summed E-state index contributed by atoms with van der Waals surface area (Å²) in [6.07, 6.45) is -3.98. The molecule has 1 atom stereocenters. The molecule has 1 N–H and O–H groups in total. The number of alkyl halides is 4. The standard InChI is InChI=1S/C18H13F4NO6/c1-2-11(23(26)27)4-6-13(9-19)28-12-5-3-10-7-14(17(24)25)16(18(20,21)22)29-15(10)8-12/h2-8,16H,1,9H2,(H,24,25)/b11-4+,13-6+. The van der Waals surface area contributed by atoms with Crippen molar-refractivity contribution in [3.05, 3.63) is 75.7 Å². The first-order valence-corrected chi connectivity index (χ1v) is 7.80.